The molecule has 1 saturated carbocycles. The molecule has 0 saturated heterocycles. The summed E-state index contributed by atoms with van der Waals surface area (Å²) in [5.74, 6) is 0.839. The Morgan fingerprint density at radius 1 is 1.38 bits per heavy atom. The van der Waals surface area contributed by atoms with E-state index in [2.05, 4.69) is 25.7 Å². The van der Waals surface area contributed by atoms with E-state index < -0.39 is 5.60 Å². The van der Waals surface area contributed by atoms with E-state index in [0.717, 1.165) is 38.3 Å². The zero-order valence-electron chi connectivity index (χ0n) is 10.9. The summed E-state index contributed by atoms with van der Waals surface area (Å²) in [6.45, 7) is 9.89. The van der Waals surface area contributed by atoms with E-state index in [0.29, 0.717) is 0 Å². The van der Waals surface area contributed by atoms with E-state index in [-0.39, 0.29) is 0 Å². The third-order valence-electron chi connectivity index (χ3n) is 3.94. The van der Waals surface area contributed by atoms with Crippen LogP contribution < -0.4 is 5.32 Å². The van der Waals surface area contributed by atoms with Crippen molar-refractivity contribution in [1.82, 2.24) is 5.32 Å². The molecule has 16 heavy (non-hydrogen) atoms. The van der Waals surface area contributed by atoms with E-state index in [1.165, 1.54) is 24.8 Å². The van der Waals surface area contributed by atoms with Gasteiger partial charge in [0.2, 0.25) is 0 Å². The smallest absolute Gasteiger partial charge is 0.0771 e. The van der Waals surface area contributed by atoms with Crippen molar-refractivity contribution in [3.05, 3.63) is 12.2 Å². The van der Waals surface area contributed by atoms with Gasteiger partial charge in [0, 0.05) is 13.1 Å². The molecule has 2 N–H and O–H groups in total. The maximum absolute atomic E-state index is 10.4. The minimum absolute atomic E-state index is 0.459. The molecule has 0 aromatic rings. The molecule has 1 aliphatic carbocycles. The Balaban J connectivity index is 2.23. The van der Waals surface area contributed by atoms with E-state index in [1.54, 1.807) is 0 Å². The molecule has 0 heterocycles. The van der Waals surface area contributed by atoms with Crippen LogP contribution in [0.4, 0.5) is 0 Å². The first kappa shape index (κ1) is 13.7. The Kier molecular flexibility index (Phi) is 5.50. The molecule has 0 bridgehead atoms. The minimum Gasteiger partial charge on any atom is -0.389 e. The van der Waals surface area contributed by atoms with Crippen molar-refractivity contribution in [2.45, 2.75) is 58.0 Å². The number of aliphatic hydroxyl groups is 1. The van der Waals surface area contributed by atoms with Crippen molar-refractivity contribution in [2.75, 3.05) is 13.1 Å². The fraction of sp³-hybridized carbons (Fsp3) is 0.857. The largest absolute Gasteiger partial charge is 0.389 e. The van der Waals surface area contributed by atoms with Crippen LogP contribution >= 0.6 is 0 Å². The van der Waals surface area contributed by atoms with Gasteiger partial charge in [-0.3, -0.25) is 0 Å². The summed E-state index contributed by atoms with van der Waals surface area (Å²) in [5, 5.41) is 13.7. The molecule has 0 radical (unpaired) electrons. The van der Waals surface area contributed by atoms with E-state index in [9.17, 15) is 5.11 Å². The van der Waals surface area contributed by atoms with Crippen LogP contribution in [-0.2, 0) is 0 Å². The van der Waals surface area contributed by atoms with Crippen LogP contribution in [0.1, 0.15) is 52.4 Å². The average molecular weight is 225 g/mol. The number of nitrogens with one attached hydrogen (secondary N) is 1. The van der Waals surface area contributed by atoms with Gasteiger partial charge >= 0.3 is 0 Å². The maximum atomic E-state index is 10.4. The molecule has 94 valence electrons. The summed E-state index contributed by atoms with van der Waals surface area (Å²) in [5.41, 5.74) is 0.755. The molecule has 0 unspecified atom stereocenters. The quantitative estimate of drug-likeness (QED) is 0.681. The van der Waals surface area contributed by atoms with Crippen molar-refractivity contribution in [1.29, 1.82) is 0 Å². The molecule has 1 fully saturated rings. The first-order valence-electron chi connectivity index (χ1n) is 6.69. The molecule has 0 aliphatic heterocycles. The highest BCUT2D eigenvalue weighted by molar-refractivity contribution is 4.96. The van der Waals surface area contributed by atoms with Gasteiger partial charge in [-0.25, -0.2) is 0 Å². The summed E-state index contributed by atoms with van der Waals surface area (Å²) in [6, 6.07) is 0. The summed E-state index contributed by atoms with van der Waals surface area (Å²) in [4.78, 5) is 0. The molecule has 0 atom stereocenters. The van der Waals surface area contributed by atoms with Gasteiger partial charge < -0.3 is 10.4 Å². The Morgan fingerprint density at radius 2 is 2.00 bits per heavy atom. The van der Waals surface area contributed by atoms with E-state index >= 15 is 0 Å². The molecular formula is C14H27NO. The van der Waals surface area contributed by atoms with E-state index in [4.69, 9.17) is 0 Å². The third kappa shape index (κ3) is 4.26. The first-order chi connectivity index (χ1) is 7.59. The summed E-state index contributed by atoms with van der Waals surface area (Å²) < 4.78 is 0. The second kappa shape index (κ2) is 6.41. The lowest BCUT2D eigenvalue weighted by atomic mass is 9.78. The first-order valence-corrected chi connectivity index (χ1v) is 6.69. The van der Waals surface area contributed by atoms with Crippen molar-refractivity contribution in [2.24, 2.45) is 5.92 Å². The number of hydrogen-bond acceptors (Lipinski definition) is 2. The van der Waals surface area contributed by atoms with Crippen LogP contribution in [0.2, 0.25) is 0 Å². The van der Waals surface area contributed by atoms with Crippen LogP contribution in [0.3, 0.4) is 0 Å². The van der Waals surface area contributed by atoms with Crippen LogP contribution in [-0.4, -0.2) is 23.8 Å². The zero-order valence-corrected chi connectivity index (χ0v) is 10.9. The fourth-order valence-electron chi connectivity index (χ4n) is 2.40. The predicted octanol–water partition coefficient (Wildman–Crippen LogP) is 2.87. The van der Waals surface area contributed by atoms with Gasteiger partial charge in [0.25, 0.3) is 0 Å². The molecule has 0 aromatic heterocycles. The molecular weight excluding hydrogens is 198 g/mol. The minimum atomic E-state index is -0.459. The van der Waals surface area contributed by atoms with E-state index in [1.807, 2.05) is 0 Å². The highest BCUT2D eigenvalue weighted by atomic mass is 16.3. The van der Waals surface area contributed by atoms with Crippen molar-refractivity contribution >= 4 is 0 Å². The highest BCUT2D eigenvalue weighted by Gasteiger charge is 2.31. The lowest BCUT2D eigenvalue weighted by Crippen LogP contribution is -2.43. The summed E-state index contributed by atoms with van der Waals surface area (Å²) in [7, 11) is 0. The molecule has 1 rings (SSSR count). The Bertz CT molecular complexity index is 217. The van der Waals surface area contributed by atoms with Gasteiger partial charge in [0.05, 0.1) is 5.60 Å². The number of hydrogen-bond donors (Lipinski definition) is 2. The van der Waals surface area contributed by atoms with Crippen LogP contribution in [0, 0.1) is 5.92 Å². The van der Waals surface area contributed by atoms with Crippen molar-refractivity contribution in [3.63, 3.8) is 0 Å². The SMILES string of the molecule is C=C(CC)CNCC1(O)CCC(CC)CC1. The van der Waals surface area contributed by atoms with Crippen LogP contribution in [0.5, 0.6) is 0 Å². The lowest BCUT2D eigenvalue weighted by molar-refractivity contribution is -0.00796. The monoisotopic (exact) mass is 225 g/mol. The standard InChI is InChI=1S/C14H27NO/c1-4-12(3)10-15-11-14(16)8-6-13(5-2)7-9-14/h13,15-16H,3-11H2,1-2H3. The second-order valence-corrected chi connectivity index (χ2v) is 5.28. The maximum Gasteiger partial charge on any atom is 0.0771 e. The van der Waals surface area contributed by atoms with Gasteiger partial charge in [-0.2, -0.15) is 0 Å². The summed E-state index contributed by atoms with van der Waals surface area (Å²) in [6.07, 6.45) is 6.56. The topological polar surface area (TPSA) is 32.3 Å². The van der Waals surface area contributed by atoms with Crippen LogP contribution in [0.15, 0.2) is 12.2 Å². The lowest BCUT2D eigenvalue weighted by Gasteiger charge is -2.36. The predicted molar refractivity (Wildman–Crippen MR) is 69.5 cm³/mol. The zero-order chi connectivity index (χ0) is 12.0. The normalized spacial score (nSPS) is 30.3. The summed E-state index contributed by atoms with van der Waals surface area (Å²) >= 11 is 0. The molecule has 0 aromatic carbocycles. The van der Waals surface area contributed by atoms with Crippen molar-refractivity contribution in [3.8, 4) is 0 Å². The molecule has 2 heteroatoms. The average Bonchev–Trinajstić information content (AvgIpc) is 2.30. The molecule has 0 amide bonds. The van der Waals surface area contributed by atoms with Gasteiger partial charge in [-0.05, 0) is 38.0 Å². The van der Waals surface area contributed by atoms with Gasteiger partial charge in [-0.15, -0.1) is 0 Å². The third-order valence-corrected chi connectivity index (χ3v) is 3.94. The highest BCUT2D eigenvalue weighted by Crippen LogP contribution is 2.33. The molecule has 1 aliphatic rings. The Hall–Kier alpha value is -0.340. The Labute approximate surface area is 100 Å². The van der Waals surface area contributed by atoms with Crippen molar-refractivity contribution < 1.29 is 5.11 Å². The Morgan fingerprint density at radius 3 is 2.50 bits per heavy atom. The molecule has 0 spiro atoms. The van der Waals surface area contributed by atoms with Gasteiger partial charge in [0.15, 0.2) is 0 Å². The van der Waals surface area contributed by atoms with Gasteiger partial charge in [0.1, 0.15) is 0 Å². The van der Waals surface area contributed by atoms with Crippen LogP contribution in [0.25, 0.3) is 0 Å². The molecule has 2 nitrogen and oxygen atoms in total. The second-order valence-electron chi connectivity index (χ2n) is 5.28. The van der Waals surface area contributed by atoms with Gasteiger partial charge in [-0.1, -0.05) is 32.4 Å². The fourth-order valence-corrected chi connectivity index (χ4v) is 2.40. The number of rotatable bonds is 6.